The molecule has 0 aliphatic heterocycles. The van der Waals surface area contributed by atoms with Crippen LogP contribution in [0.2, 0.25) is 0 Å². The van der Waals surface area contributed by atoms with Gasteiger partial charge in [-0.15, -0.1) is 0 Å². The second kappa shape index (κ2) is 8.69. The fourth-order valence-corrected chi connectivity index (χ4v) is 2.37. The molecule has 0 bridgehead atoms. The maximum atomic E-state index is 13.8. The van der Waals surface area contributed by atoms with Crippen LogP contribution in [0.5, 0.6) is 0 Å². The van der Waals surface area contributed by atoms with Crippen molar-refractivity contribution in [2.45, 2.75) is 39.0 Å². The van der Waals surface area contributed by atoms with Gasteiger partial charge in [0.25, 0.3) is 0 Å². The van der Waals surface area contributed by atoms with Crippen LogP contribution in [0.1, 0.15) is 44.6 Å². The maximum Gasteiger partial charge on any atom is 0.223 e. The molecule has 1 amide bonds. The molecule has 1 atom stereocenters. The van der Waals surface area contributed by atoms with Gasteiger partial charge in [0.1, 0.15) is 5.82 Å². The number of carbonyl (C=O) groups is 1. The van der Waals surface area contributed by atoms with Gasteiger partial charge in [-0.3, -0.25) is 4.79 Å². The van der Waals surface area contributed by atoms with Gasteiger partial charge in [-0.2, -0.15) is 0 Å². The smallest absolute Gasteiger partial charge is 0.223 e. The summed E-state index contributed by atoms with van der Waals surface area (Å²) < 4.78 is 13.8. The molecule has 1 aromatic rings. The zero-order chi connectivity index (χ0) is 15.0. The quantitative estimate of drug-likeness (QED) is 0.796. The van der Waals surface area contributed by atoms with Crippen molar-refractivity contribution in [3.63, 3.8) is 0 Å². The van der Waals surface area contributed by atoms with Gasteiger partial charge < -0.3 is 10.6 Å². The van der Waals surface area contributed by atoms with Crippen LogP contribution in [0, 0.1) is 5.82 Å². The third-order valence-electron chi connectivity index (χ3n) is 3.39. The van der Waals surface area contributed by atoms with Crippen LogP contribution < -0.4 is 5.73 Å². The summed E-state index contributed by atoms with van der Waals surface area (Å²) >= 11 is 0. The molecule has 112 valence electrons. The molecule has 0 aliphatic carbocycles. The van der Waals surface area contributed by atoms with Crippen molar-refractivity contribution < 1.29 is 9.18 Å². The minimum atomic E-state index is -0.284. The van der Waals surface area contributed by atoms with Gasteiger partial charge in [-0.1, -0.05) is 32.0 Å². The summed E-state index contributed by atoms with van der Waals surface area (Å²) in [6.07, 6.45) is 2.13. The molecule has 20 heavy (non-hydrogen) atoms. The Morgan fingerprint density at radius 1 is 1.25 bits per heavy atom. The minimum Gasteiger partial charge on any atom is -0.343 e. The van der Waals surface area contributed by atoms with E-state index in [1.807, 2.05) is 18.7 Å². The van der Waals surface area contributed by atoms with E-state index >= 15 is 0 Å². The van der Waals surface area contributed by atoms with Gasteiger partial charge in [-0.05, 0) is 31.0 Å². The number of nitrogens with two attached hydrogens (primary N) is 1. The van der Waals surface area contributed by atoms with Crippen LogP contribution in [0.15, 0.2) is 24.3 Å². The highest BCUT2D eigenvalue weighted by molar-refractivity contribution is 5.77. The molecule has 0 saturated carbocycles. The first-order valence-corrected chi connectivity index (χ1v) is 7.36. The van der Waals surface area contributed by atoms with Crippen molar-refractivity contribution in [3.8, 4) is 0 Å². The third kappa shape index (κ3) is 4.60. The molecule has 1 unspecified atom stereocenters. The summed E-state index contributed by atoms with van der Waals surface area (Å²) in [5.74, 6) is -0.472. The number of hydrogen-bond acceptors (Lipinski definition) is 2. The van der Waals surface area contributed by atoms with Gasteiger partial charge in [0.05, 0.1) is 0 Å². The summed E-state index contributed by atoms with van der Waals surface area (Å²) in [6, 6.07) is 6.55. The Labute approximate surface area is 121 Å². The van der Waals surface area contributed by atoms with E-state index < -0.39 is 0 Å². The Morgan fingerprint density at radius 2 is 1.85 bits per heavy atom. The second-order valence-corrected chi connectivity index (χ2v) is 5.04. The number of hydrogen-bond donors (Lipinski definition) is 1. The Hall–Kier alpha value is -1.42. The predicted octanol–water partition coefficient (Wildman–Crippen LogP) is 2.91. The summed E-state index contributed by atoms with van der Waals surface area (Å²) in [5.41, 5.74) is 6.27. The first-order valence-electron chi connectivity index (χ1n) is 7.36. The Morgan fingerprint density at radius 3 is 2.35 bits per heavy atom. The largest absolute Gasteiger partial charge is 0.343 e. The van der Waals surface area contributed by atoms with Gasteiger partial charge in [0.15, 0.2) is 0 Å². The van der Waals surface area contributed by atoms with E-state index in [2.05, 4.69) is 0 Å². The van der Waals surface area contributed by atoms with E-state index in [-0.39, 0.29) is 30.6 Å². The van der Waals surface area contributed by atoms with Crippen molar-refractivity contribution in [2.24, 2.45) is 5.73 Å². The first kappa shape index (κ1) is 16.6. The van der Waals surface area contributed by atoms with E-state index in [0.717, 1.165) is 25.9 Å². The van der Waals surface area contributed by atoms with Crippen molar-refractivity contribution in [3.05, 3.63) is 35.6 Å². The molecule has 4 heteroatoms. The predicted molar refractivity (Wildman–Crippen MR) is 80.0 cm³/mol. The number of rotatable bonds is 8. The van der Waals surface area contributed by atoms with E-state index in [4.69, 9.17) is 5.73 Å². The Kier molecular flexibility index (Phi) is 7.23. The normalized spacial score (nSPS) is 12.2. The standard InChI is InChI=1S/C16H25FN2O/c1-3-9-19(10-4-2)16(20)11-13(12-18)14-7-5-6-8-15(14)17/h5-8,13H,3-4,9-12,18H2,1-2H3. The number of halogens is 1. The first-order chi connectivity index (χ1) is 9.63. The lowest BCUT2D eigenvalue weighted by Crippen LogP contribution is -2.34. The van der Waals surface area contributed by atoms with Crippen molar-refractivity contribution in [2.75, 3.05) is 19.6 Å². The van der Waals surface area contributed by atoms with Crippen molar-refractivity contribution in [1.29, 1.82) is 0 Å². The summed E-state index contributed by atoms with van der Waals surface area (Å²) in [5, 5.41) is 0. The van der Waals surface area contributed by atoms with Crippen molar-refractivity contribution in [1.82, 2.24) is 4.90 Å². The average molecular weight is 280 g/mol. The summed E-state index contributed by atoms with van der Waals surface area (Å²) in [6.45, 7) is 5.88. The number of amides is 1. The number of carbonyl (C=O) groups excluding carboxylic acids is 1. The topological polar surface area (TPSA) is 46.3 Å². The molecule has 0 saturated heterocycles. The van der Waals surface area contributed by atoms with Gasteiger partial charge in [0.2, 0.25) is 5.91 Å². The van der Waals surface area contributed by atoms with Crippen LogP contribution in [0.25, 0.3) is 0 Å². The lowest BCUT2D eigenvalue weighted by Gasteiger charge is -2.24. The molecular weight excluding hydrogens is 255 g/mol. The lowest BCUT2D eigenvalue weighted by molar-refractivity contribution is -0.131. The molecule has 0 fully saturated rings. The molecule has 0 spiro atoms. The monoisotopic (exact) mass is 280 g/mol. The highest BCUT2D eigenvalue weighted by Gasteiger charge is 2.20. The second-order valence-electron chi connectivity index (χ2n) is 5.04. The molecule has 0 heterocycles. The maximum absolute atomic E-state index is 13.8. The molecule has 3 nitrogen and oxygen atoms in total. The lowest BCUT2D eigenvalue weighted by atomic mass is 9.94. The molecule has 0 aromatic heterocycles. The van der Waals surface area contributed by atoms with E-state index in [1.165, 1.54) is 6.07 Å². The van der Waals surface area contributed by atoms with Crippen LogP contribution in [0.4, 0.5) is 4.39 Å². The average Bonchev–Trinajstić information content (AvgIpc) is 2.45. The van der Waals surface area contributed by atoms with Crippen LogP contribution in [0.3, 0.4) is 0 Å². The number of benzene rings is 1. The van der Waals surface area contributed by atoms with Crippen LogP contribution >= 0.6 is 0 Å². The number of nitrogens with zero attached hydrogens (tertiary/aromatic N) is 1. The highest BCUT2D eigenvalue weighted by atomic mass is 19.1. The molecule has 1 rings (SSSR count). The van der Waals surface area contributed by atoms with Gasteiger partial charge in [0, 0.05) is 25.4 Å². The molecule has 0 aliphatic rings. The summed E-state index contributed by atoms with van der Waals surface area (Å²) in [7, 11) is 0. The highest BCUT2D eigenvalue weighted by Crippen LogP contribution is 2.22. The van der Waals surface area contributed by atoms with Crippen LogP contribution in [-0.4, -0.2) is 30.4 Å². The third-order valence-corrected chi connectivity index (χ3v) is 3.39. The fraction of sp³-hybridized carbons (Fsp3) is 0.562. The van der Waals surface area contributed by atoms with Gasteiger partial charge >= 0.3 is 0 Å². The van der Waals surface area contributed by atoms with E-state index in [1.54, 1.807) is 18.2 Å². The SMILES string of the molecule is CCCN(CCC)C(=O)CC(CN)c1ccccc1F. The zero-order valence-corrected chi connectivity index (χ0v) is 12.4. The Bertz CT molecular complexity index is 417. The summed E-state index contributed by atoms with van der Waals surface area (Å²) in [4.78, 5) is 14.2. The zero-order valence-electron chi connectivity index (χ0n) is 12.4. The van der Waals surface area contributed by atoms with E-state index in [9.17, 15) is 9.18 Å². The Balaban J connectivity index is 2.77. The molecule has 0 radical (unpaired) electrons. The van der Waals surface area contributed by atoms with E-state index in [0.29, 0.717) is 5.56 Å². The molecule has 2 N–H and O–H groups in total. The van der Waals surface area contributed by atoms with Crippen molar-refractivity contribution >= 4 is 5.91 Å². The minimum absolute atomic E-state index is 0.0624. The van der Waals surface area contributed by atoms with Crippen LogP contribution in [-0.2, 0) is 4.79 Å². The fourth-order valence-electron chi connectivity index (χ4n) is 2.37. The molecule has 1 aromatic carbocycles. The van der Waals surface area contributed by atoms with Gasteiger partial charge in [-0.25, -0.2) is 4.39 Å². The molecular formula is C16H25FN2O.